The summed E-state index contributed by atoms with van der Waals surface area (Å²) in [6.07, 6.45) is 7.97. The quantitative estimate of drug-likeness (QED) is 0.366. The predicted octanol–water partition coefficient (Wildman–Crippen LogP) is 2.21. The van der Waals surface area contributed by atoms with Crippen LogP contribution in [0.25, 0.3) is 0 Å². The fraction of sp³-hybridized carbons (Fsp3) is 0.800. The molecular formula is C10H20O2. The third-order valence-corrected chi connectivity index (χ3v) is 1.90. The van der Waals surface area contributed by atoms with Crippen molar-refractivity contribution in [3.05, 3.63) is 12.2 Å². The molecule has 0 spiro atoms. The molecule has 0 radical (unpaired) electrons. The topological polar surface area (TPSA) is 40.5 Å². The van der Waals surface area contributed by atoms with Gasteiger partial charge in [-0.1, -0.05) is 38.8 Å². The first-order valence-corrected chi connectivity index (χ1v) is 4.72. The van der Waals surface area contributed by atoms with Gasteiger partial charge in [0.05, 0.1) is 0 Å². The Morgan fingerprint density at radius 3 is 2.33 bits per heavy atom. The minimum Gasteiger partial charge on any atom is -0.365 e. The zero-order valence-electron chi connectivity index (χ0n) is 8.08. The van der Waals surface area contributed by atoms with Crippen molar-refractivity contribution < 1.29 is 10.2 Å². The highest BCUT2D eigenvalue weighted by Gasteiger charge is 2.16. The number of unbranched alkanes of at least 4 members (excludes halogenated alkanes) is 2. The average molecular weight is 172 g/mol. The molecule has 0 bridgehead atoms. The molecule has 0 amide bonds. The van der Waals surface area contributed by atoms with E-state index in [4.69, 9.17) is 0 Å². The van der Waals surface area contributed by atoms with Crippen molar-refractivity contribution >= 4 is 0 Å². The van der Waals surface area contributed by atoms with Crippen molar-refractivity contribution in [3.8, 4) is 0 Å². The largest absolute Gasteiger partial charge is 0.365 e. The Labute approximate surface area is 74.9 Å². The van der Waals surface area contributed by atoms with E-state index < -0.39 is 5.79 Å². The lowest BCUT2D eigenvalue weighted by molar-refractivity contribution is -0.158. The van der Waals surface area contributed by atoms with Crippen LogP contribution in [0, 0.1) is 0 Å². The van der Waals surface area contributed by atoms with Crippen molar-refractivity contribution in [3.63, 3.8) is 0 Å². The van der Waals surface area contributed by atoms with E-state index in [1.165, 1.54) is 12.8 Å². The van der Waals surface area contributed by atoms with E-state index in [1.54, 1.807) is 6.92 Å². The van der Waals surface area contributed by atoms with E-state index in [1.807, 2.05) is 12.2 Å². The lowest BCUT2D eigenvalue weighted by Gasteiger charge is -2.16. The molecule has 0 atom stereocenters. The first kappa shape index (κ1) is 11.7. The van der Waals surface area contributed by atoms with Gasteiger partial charge in [0.15, 0.2) is 5.79 Å². The molecule has 0 rings (SSSR count). The summed E-state index contributed by atoms with van der Waals surface area (Å²) in [6.45, 7) is 3.90. The van der Waals surface area contributed by atoms with Gasteiger partial charge in [0.1, 0.15) is 0 Å². The van der Waals surface area contributed by atoms with Crippen LogP contribution in [0.5, 0.6) is 0 Å². The summed E-state index contributed by atoms with van der Waals surface area (Å²) >= 11 is 0. The third-order valence-electron chi connectivity index (χ3n) is 1.90. The second-order valence-electron chi connectivity index (χ2n) is 3.15. The van der Waals surface area contributed by atoms with Gasteiger partial charge in [0.25, 0.3) is 0 Å². The van der Waals surface area contributed by atoms with Gasteiger partial charge < -0.3 is 10.2 Å². The van der Waals surface area contributed by atoms with Gasteiger partial charge >= 0.3 is 0 Å². The molecule has 0 aliphatic heterocycles. The van der Waals surface area contributed by atoms with Crippen LogP contribution >= 0.6 is 0 Å². The Morgan fingerprint density at radius 2 is 1.83 bits per heavy atom. The van der Waals surface area contributed by atoms with Crippen molar-refractivity contribution in [1.82, 2.24) is 0 Å². The smallest absolute Gasteiger partial charge is 0.165 e. The highest BCUT2D eigenvalue weighted by Crippen LogP contribution is 2.11. The summed E-state index contributed by atoms with van der Waals surface area (Å²) in [5.74, 6) is -1.50. The van der Waals surface area contributed by atoms with E-state index >= 15 is 0 Å². The maximum Gasteiger partial charge on any atom is 0.165 e. The van der Waals surface area contributed by atoms with Crippen LogP contribution in [0.2, 0.25) is 0 Å². The maximum atomic E-state index is 9.18. The van der Waals surface area contributed by atoms with E-state index in [-0.39, 0.29) is 0 Å². The Balaban J connectivity index is 3.46. The summed E-state index contributed by atoms with van der Waals surface area (Å²) in [4.78, 5) is 0. The highest BCUT2D eigenvalue weighted by atomic mass is 16.5. The molecule has 0 heterocycles. The molecule has 0 aliphatic carbocycles. The molecule has 0 saturated heterocycles. The Bertz CT molecular complexity index is 128. The number of hydrogen-bond acceptors (Lipinski definition) is 2. The molecule has 0 saturated carbocycles. The van der Waals surface area contributed by atoms with Crippen LogP contribution in [0.1, 0.15) is 46.0 Å². The number of allylic oxidation sites excluding steroid dienone is 1. The molecule has 0 aromatic heterocycles. The monoisotopic (exact) mass is 172 g/mol. The Kier molecular flexibility index (Phi) is 6.03. The summed E-state index contributed by atoms with van der Waals surface area (Å²) in [5.41, 5.74) is 0. The molecule has 2 nitrogen and oxygen atoms in total. The van der Waals surface area contributed by atoms with Gasteiger partial charge in [0.2, 0.25) is 0 Å². The molecule has 2 N–H and O–H groups in total. The minimum atomic E-state index is -1.50. The molecule has 0 unspecified atom stereocenters. The molecule has 0 aromatic rings. The first-order chi connectivity index (χ1) is 5.62. The normalized spacial score (nSPS) is 12.7. The average Bonchev–Trinajstić information content (AvgIpc) is 2.04. The molecule has 0 fully saturated rings. The highest BCUT2D eigenvalue weighted by molar-refractivity contribution is 4.85. The van der Waals surface area contributed by atoms with Gasteiger partial charge in [-0.15, -0.1) is 0 Å². The summed E-state index contributed by atoms with van der Waals surface area (Å²) in [5, 5.41) is 18.4. The lowest BCUT2D eigenvalue weighted by atomic mass is 10.1. The Morgan fingerprint density at radius 1 is 1.17 bits per heavy atom. The van der Waals surface area contributed by atoms with E-state index in [0.717, 1.165) is 6.42 Å². The Hall–Kier alpha value is -0.340. The summed E-state index contributed by atoms with van der Waals surface area (Å²) in [6, 6.07) is 0. The molecular weight excluding hydrogens is 152 g/mol. The fourth-order valence-corrected chi connectivity index (χ4v) is 0.856. The van der Waals surface area contributed by atoms with Crippen LogP contribution in [-0.2, 0) is 0 Å². The minimum absolute atomic E-state index is 0.340. The molecule has 0 aromatic carbocycles. The third kappa shape index (κ3) is 6.38. The van der Waals surface area contributed by atoms with Gasteiger partial charge in [-0.3, -0.25) is 0 Å². The van der Waals surface area contributed by atoms with Crippen molar-refractivity contribution in [2.45, 2.75) is 51.7 Å². The van der Waals surface area contributed by atoms with Crippen LogP contribution in [0.3, 0.4) is 0 Å². The van der Waals surface area contributed by atoms with Gasteiger partial charge in [-0.25, -0.2) is 0 Å². The summed E-state index contributed by atoms with van der Waals surface area (Å²) < 4.78 is 0. The van der Waals surface area contributed by atoms with Crippen molar-refractivity contribution in [2.75, 3.05) is 0 Å². The molecule has 0 aliphatic rings. The van der Waals surface area contributed by atoms with Crippen LogP contribution in [0.15, 0.2) is 12.2 Å². The number of rotatable bonds is 6. The van der Waals surface area contributed by atoms with Crippen LogP contribution in [-0.4, -0.2) is 16.0 Å². The van der Waals surface area contributed by atoms with E-state index in [2.05, 4.69) is 6.92 Å². The summed E-state index contributed by atoms with van der Waals surface area (Å²) in [7, 11) is 0. The fourth-order valence-electron chi connectivity index (χ4n) is 0.856. The first-order valence-electron chi connectivity index (χ1n) is 4.72. The predicted molar refractivity (Wildman–Crippen MR) is 50.7 cm³/mol. The van der Waals surface area contributed by atoms with Crippen LogP contribution in [0.4, 0.5) is 0 Å². The van der Waals surface area contributed by atoms with Crippen LogP contribution < -0.4 is 0 Å². The SMILES string of the molecule is CCCC/C=C/CC(O)(O)CC. The maximum absolute atomic E-state index is 9.18. The second-order valence-corrected chi connectivity index (χ2v) is 3.15. The zero-order chi connectivity index (χ0) is 9.45. The van der Waals surface area contributed by atoms with Crippen molar-refractivity contribution in [1.29, 1.82) is 0 Å². The van der Waals surface area contributed by atoms with Crippen molar-refractivity contribution in [2.24, 2.45) is 0 Å². The van der Waals surface area contributed by atoms with E-state index in [9.17, 15) is 10.2 Å². The number of aliphatic hydroxyl groups is 2. The van der Waals surface area contributed by atoms with E-state index in [0.29, 0.717) is 12.8 Å². The lowest BCUT2D eigenvalue weighted by Crippen LogP contribution is -2.25. The van der Waals surface area contributed by atoms with Gasteiger partial charge in [-0.2, -0.15) is 0 Å². The van der Waals surface area contributed by atoms with Gasteiger partial charge in [-0.05, 0) is 12.8 Å². The zero-order valence-corrected chi connectivity index (χ0v) is 8.08. The molecule has 2 heteroatoms. The van der Waals surface area contributed by atoms with Gasteiger partial charge in [0, 0.05) is 6.42 Å². The standard InChI is InChI=1S/C10H20O2/c1-3-5-6-7-8-9-10(11,12)4-2/h7-8,11-12H,3-6,9H2,1-2H3/b8-7+. The second kappa shape index (κ2) is 6.21. The molecule has 72 valence electrons. The molecule has 12 heavy (non-hydrogen) atoms. The number of hydrogen-bond donors (Lipinski definition) is 2.